The van der Waals surface area contributed by atoms with Gasteiger partial charge in [-0.15, -0.1) is 22.9 Å². The lowest BCUT2D eigenvalue weighted by Gasteiger charge is -2.05. The largest absolute Gasteiger partial charge is 0.494 e. The fraction of sp³-hybridized carbons (Fsp3) is 0.231. The van der Waals surface area contributed by atoms with Crippen molar-refractivity contribution in [1.29, 1.82) is 0 Å². The fourth-order valence-electron chi connectivity index (χ4n) is 1.61. The zero-order valence-corrected chi connectivity index (χ0v) is 10.9. The summed E-state index contributed by atoms with van der Waals surface area (Å²) in [6.45, 7) is 0. The number of hydrogen-bond acceptors (Lipinski definition) is 2. The molecule has 0 radical (unpaired) electrons. The van der Waals surface area contributed by atoms with Gasteiger partial charge in [0.2, 0.25) is 0 Å². The first-order chi connectivity index (χ1) is 8.26. The van der Waals surface area contributed by atoms with Crippen LogP contribution in [-0.4, -0.2) is 13.0 Å². The van der Waals surface area contributed by atoms with Gasteiger partial charge in [-0.1, -0.05) is 12.1 Å². The van der Waals surface area contributed by atoms with Crippen LogP contribution in [0.2, 0.25) is 0 Å². The molecule has 0 atom stereocenters. The van der Waals surface area contributed by atoms with Gasteiger partial charge in [0, 0.05) is 21.2 Å². The number of rotatable bonds is 4. The predicted molar refractivity (Wildman–Crippen MR) is 70.7 cm³/mol. The maximum atomic E-state index is 14.0. The summed E-state index contributed by atoms with van der Waals surface area (Å²) in [6, 6.07) is 9.07. The Balaban J connectivity index is 2.38. The summed E-state index contributed by atoms with van der Waals surface area (Å²) in [6.07, 6.45) is 0.817. The van der Waals surface area contributed by atoms with Gasteiger partial charge in [0.25, 0.3) is 0 Å². The second-order valence-corrected chi connectivity index (χ2v) is 5.07. The first-order valence-corrected chi connectivity index (χ1v) is 6.59. The average Bonchev–Trinajstić information content (AvgIpc) is 2.78. The number of benzene rings is 1. The molecule has 90 valence electrons. The zero-order valence-electron chi connectivity index (χ0n) is 9.37. The van der Waals surface area contributed by atoms with Crippen LogP contribution in [0.15, 0.2) is 30.3 Å². The molecule has 0 N–H and O–H groups in total. The summed E-state index contributed by atoms with van der Waals surface area (Å²) in [5.74, 6) is 0.546. The Labute approximate surface area is 109 Å². The van der Waals surface area contributed by atoms with E-state index in [2.05, 4.69) is 0 Å². The lowest BCUT2D eigenvalue weighted by Crippen LogP contribution is -1.89. The van der Waals surface area contributed by atoms with Crippen LogP contribution in [0.4, 0.5) is 4.39 Å². The normalized spacial score (nSPS) is 10.5. The quantitative estimate of drug-likeness (QED) is 0.751. The minimum Gasteiger partial charge on any atom is -0.494 e. The van der Waals surface area contributed by atoms with Crippen LogP contribution in [0.25, 0.3) is 10.4 Å². The van der Waals surface area contributed by atoms with Gasteiger partial charge >= 0.3 is 0 Å². The third-order valence-electron chi connectivity index (χ3n) is 2.45. The molecule has 0 unspecified atom stereocenters. The lowest BCUT2D eigenvalue weighted by molar-refractivity contribution is 0.387. The number of hydrogen-bond donors (Lipinski definition) is 0. The van der Waals surface area contributed by atoms with Crippen molar-refractivity contribution in [3.05, 3.63) is 41.0 Å². The highest BCUT2D eigenvalue weighted by Crippen LogP contribution is 2.33. The minimum atomic E-state index is -0.311. The third-order valence-corrected chi connectivity index (χ3v) is 3.82. The van der Waals surface area contributed by atoms with Crippen LogP contribution < -0.4 is 4.74 Å². The van der Waals surface area contributed by atoms with Crippen molar-refractivity contribution in [2.45, 2.75) is 6.42 Å². The zero-order chi connectivity index (χ0) is 12.3. The summed E-state index contributed by atoms with van der Waals surface area (Å²) < 4.78 is 19.0. The van der Waals surface area contributed by atoms with E-state index in [1.165, 1.54) is 7.11 Å². The Morgan fingerprint density at radius 1 is 1.29 bits per heavy atom. The molecule has 17 heavy (non-hydrogen) atoms. The van der Waals surface area contributed by atoms with E-state index in [0.717, 1.165) is 16.2 Å². The molecular weight excluding hydrogens is 259 g/mol. The second-order valence-electron chi connectivity index (χ2n) is 3.53. The van der Waals surface area contributed by atoms with E-state index in [1.54, 1.807) is 29.5 Å². The number of methoxy groups -OCH3 is 1. The van der Waals surface area contributed by atoms with Crippen molar-refractivity contribution in [2.75, 3.05) is 13.0 Å². The molecule has 0 amide bonds. The standard InChI is InChI=1S/C13H12ClFOS/c1-16-11-4-2-3-10(13(11)15)12-6-5-9(17-12)7-8-14/h2-6H,7-8H2,1H3. The third kappa shape index (κ3) is 2.61. The van der Waals surface area contributed by atoms with Crippen molar-refractivity contribution in [3.63, 3.8) is 0 Å². The van der Waals surface area contributed by atoms with Crippen LogP contribution >= 0.6 is 22.9 Å². The van der Waals surface area contributed by atoms with Gasteiger partial charge < -0.3 is 4.74 Å². The first kappa shape index (κ1) is 12.4. The molecule has 2 rings (SSSR count). The molecule has 0 bridgehead atoms. The van der Waals surface area contributed by atoms with Crippen molar-refractivity contribution in [1.82, 2.24) is 0 Å². The van der Waals surface area contributed by atoms with Gasteiger partial charge in [0.15, 0.2) is 11.6 Å². The van der Waals surface area contributed by atoms with Gasteiger partial charge in [-0.05, 0) is 24.6 Å². The van der Waals surface area contributed by atoms with Gasteiger partial charge in [-0.3, -0.25) is 0 Å². The number of alkyl halides is 1. The van der Waals surface area contributed by atoms with Gasteiger partial charge in [-0.25, -0.2) is 4.39 Å². The highest BCUT2D eigenvalue weighted by Gasteiger charge is 2.11. The van der Waals surface area contributed by atoms with Crippen LogP contribution in [0.5, 0.6) is 5.75 Å². The molecule has 0 spiro atoms. The highest BCUT2D eigenvalue weighted by atomic mass is 35.5. The van der Waals surface area contributed by atoms with Gasteiger partial charge in [0.05, 0.1) is 7.11 Å². The topological polar surface area (TPSA) is 9.23 Å². The highest BCUT2D eigenvalue weighted by molar-refractivity contribution is 7.15. The molecule has 1 nitrogen and oxygen atoms in total. The summed E-state index contributed by atoms with van der Waals surface area (Å²) >= 11 is 7.25. The Hall–Kier alpha value is -1.06. The molecule has 0 saturated heterocycles. The molecule has 1 heterocycles. The van der Waals surface area contributed by atoms with E-state index in [-0.39, 0.29) is 11.6 Å². The van der Waals surface area contributed by atoms with Crippen molar-refractivity contribution in [2.24, 2.45) is 0 Å². The summed E-state index contributed by atoms with van der Waals surface area (Å²) in [7, 11) is 1.47. The number of ether oxygens (including phenoxy) is 1. The number of halogens is 2. The van der Waals surface area contributed by atoms with E-state index >= 15 is 0 Å². The summed E-state index contributed by atoms with van der Waals surface area (Å²) in [4.78, 5) is 2.07. The summed E-state index contributed by atoms with van der Waals surface area (Å²) in [5, 5.41) is 0. The Kier molecular flexibility index (Phi) is 4.02. The molecule has 0 aliphatic carbocycles. The molecular formula is C13H12ClFOS. The van der Waals surface area contributed by atoms with Crippen molar-refractivity contribution in [3.8, 4) is 16.2 Å². The van der Waals surface area contributed by atoms with Crippen LogP contribution in [0.1, 0.15) is 4.88 Å². The Morgan fingerprint density at radius 3 is 2.82 bits per heavy atom. The molecule has 4 heteroatoms. The average molecular weight is 271 g/mol. The Bertz CT molecular complexity index is 510. The van der Waals surface area contributed by atoms with E-state index in [0.29, 0.717) is 11.4 Å². The van der Waals surface area contributed by atoms with Crippen LogP contribution in [-0.2, 0) is 6.42 Å². The molecule has 0 fully saturated rings. The van der Waals surface area contributed by atoms with Gasteiger partial charge in [-0.2, -0.15) is 0 Å². The SMILES string of the molecule is COc1cccc(-c2ccc(CCCl)s2)c1F. The van der Waals surface area contributed by atoms with E-state index in [1.807, 2.05) is 12.1 Å². The lowest BCUT2D eigenvalue weighted by atomic mass is 10.1. The maximum Gasteiger partial charge on any atom is 0.173 e. The molecule has 0 saturated carbocycles. The van der Waals surface area contributed by atoms with Crippen LogP contribution in [0.3, 0.4) is 0 Å². The van der Waals surface area contributed by atoms with Crippen LogP contribution in [0, 0.1) is 5.82 Å². The van der Waals surface area contributed by atoms with Crippen molar-refractivity contribution < 1.29 is 9.13 Å². The molecule has 0 aliphatic heterocycles. The minimum absolute atomic E-state index is 0.273. The molecule has 1 aromatic heterocycles. The monoisotopic (exact) mass is 270 g/mol. The number of aryl methyl sites for hydroxylation is 1. The second kappa shape index (κ2) is 5.52. The van der Waals surface area contributed by atoms with E-state index in [9.17, 15) is 4.39 Å². The Morgan fingerprint density at radius 2 is 2.12 bits per heavy atom. The summed E-state index contributed by atoms with van der Waals surface area (Å²) in [5.41, 5.74) is 0.579. The van der Waals surface area contributed by atoms with Crippen molar-refractivity contribution >= 4 is 22.9 Å². The van der Waals surface area contributed by atoms with Gasteiger partial charge in [0.1, 0.15) is 0 Å². The fourth-order valence-corrected chi connectivity index (χ4v) is 2.95. The van der Waals surface area contributed by atoms with E-state index < -0.39 is 0 Å². The first-order valence-electron chi connectivity index (χ1n) is 5.24. The maximum absolute atomic E-state index is 14.0. The smallest absolute Gasteiger partial charge is 0.173 e. The molecule has 0 aliphatic rings. The molecule has 2 aromatic rings. The molecule has 1 aromatic carbocycles. The predicted octanol–water partition coefficient (Wildman–Crippen LogP) is 4.34. The van der Waals surface area contributed by atoms with E-state index in [4.69, 9.17) is 16.3 Å². The number of thiophene rings is 1.